The Morgan fingerprint density at radius 1 is 1.58 bits per heavy atom. The summed E-state index contributed by atoms with van der Waals surface area (Å²) in [7, 11) is 0. The largest absolute Gasteiger partial charge is 0.349 e. The van der Waals surface area contributed by atoms with E-state index in [2.05, 4.69) is 22.7 Å². The molecule has 1 saturated carbocycles. The maximum absolute atomic E-state index is 12.1. The molecule has 4 N–H and O–H groups in total. The van der Waals surface area contributed by atoms with Crippen molar-refractivity contribution in [2.24, 2.45) is 5.84 Å². The Morgan fingerprint density at radius 3 is 3.16 bits per heavy atom. The number of anilines is 1. The molecule has 1 amide bonds. The number of aromatic nitrogens is 1. The lowest BCUT2D eigenvalue weighted by Crippen LogP contribution is -2.33. The van der Waals surface area contributed by atoms with Crippen LogP contribution in [0.1, 0.15) is 36.5 Å². The summed E-state index contributed by atoms with van der Waals surface area (Å²) in [6.45, 7) is 2.18. The molecule has 104 valence electrons. The zero-order valence-corrected chi connectivity index (χ0v) is 11.9. The minimum absolute atomic E-state index is 0.0500. The lowest BCUT2D eigenvalue weighted by Gasteiger charge is -2.13. The van der Waals surface area contributed by atoms with Crippen LogP contribution < -0.4 is 16.6 Å². The molecule has 0 aliphatic heterocycles. The van der Waals surface area contributed by atoms with E-state index in [9.17, 15) is 4.79 Å². The van der Waals surface area contributed by atoms with Gasteiger partial charge in [0, 0.05) is 23.1 Å². The first-order valence-corrected chi connectivity index (χ1v) is 7.63. The van der Waals surface area contributed by atoms with E-state index in [1.165, 1.54) is 6.42 Å². The summed E-state index contributed by atoms with van der Waals surface area (Å²) in [4.78, 5) is 16.1. The van der Waals surface area contributed by atoms with Crippen LogP contribution >= 0.6 is 11.8 Å². The summed E-state index contributed by atoms with van der Waals surface area (Å²) < 4.78 is 0. The van der Waals surface area contributed by atoms with Crippen LogP contribution in [0.3, 0.4) is 0 Å². The van der Waals surface area contributed by atoms with E-state index in [1.54, 1.807) is 18.3 Å². The van der Waals surface area contributed by atoms with Crippen LogP contribution in [0.15, 0.2) is 18.3 Å². The number of carbonyl (C=O) groups is 1. The second-order valence-corrected chi connectivity index (χ2v) is 6.21. The standard InChI is InChI=1S/C13H20N4OS/c1-2-19-11-4-3-10(8-11)16-13(18)9-5-6-15-12(7-9)17-14/h5-7,10-11H,2-4,8,14H2,1H3,(H,15,17)(H,16,18). The van der Waals surface area contributed by atoms with Gasteiger partial charge in [-0.15, -0.1) is 0 Å². The zero-order valence-electron chi connectivity index (χ0n) is 11.1. The summed E-state index contributed by atoms with van der Waals surface area (Å²) in [6.07, 6.45) is 4.90. The van der Waals surface area contributed by atoms with Crippen molar-refractivity contribution >= 4 is 23.5 Å². The van der Waals surface area contributed by atoms with E-state index >= 15 is 0 Å². The Kier molecular flexibility index (Phi) is 5.04. The summed E-state index contributed by atoms with van der Waals surface area (Å²) in [5.74, 6) is 6.88. The predicted octanol–water partition coefficient (Wildman–Crippen LogP) is 1.77. The number of hydrazine groups is 1. The van der Waals surface area contributed by atoms with E-state index in [0.717, 1.165) is 18.6 Å². The molecule has 0 saturated heterocycles. The Labute approximate surface area is 117 Å². The van der Waals surface area contributed by atoms with E-state index in [4.69, 9.17) is 5.84 Å². The van der Waals surface area contributed by atoms with Gasteiger partial charge in [0.2, 0.25) is 0 Å². The number of pyridine rings is 1. The molecule has 0 radical (unpaired) electrons. The van der Waals surface area contributed by atoms with Crippen LogP contribution in [-0.4, -0.2) is 27.9 Å². The van der Waals surface area contributed by atoms with E-state index < -0.39 is 0 Å². The molecule has 5 nitrogen and oxygen atoms in total. The lowest BCUT2D eigenvalue weighted by atomic mass is 10.2. The highest BCUT2D eigenvalue weighted by Gasteiger charge is 2.25. The van der Waals surface area contributed by atoms with Crippen LogP contribution in [0.5, 0.6) is 0 Å². The number of amides is 1. The van der Waals surface area contributed by atoms with Crippen molar-refractivity contribution in [1.29, 1.82) is 0 Å². The number of rotatable bonds is 5. The second kappa shape index (κ2) is 6.77. The summed E-state index contributed by atoms with van der Waals surface area (Å²) in [5.41, 5.74) is 3.04. The molecule has 1 aliphatic carbocycles. The highest BCUT2D eigenvalue weighted by atomic mass is 32.2. The number of nitrogens with two attached hydrogens (primary N) is 1. The second-order valence-electron chi connectivity index (χ2n) is 4.63. The molecule has 1 fully saturated rings. The molecule has 2 atom stereocenters. The molecule has 6 heteroatoms. The molecule has 19 heavy (non-hydrogen) atoms. The number of hydrogen-bond acceptors (Lipinski definition) is 5. The van der Waals surface area contributed by atoms with Gasteiger partial charge in [-0.2, -0.15) is 11.8 Å². The Balaban J connectivity index is 1.90. The first kappa shape index (κ1) is 14.1. The van der Waals surface area contributed by atoms with Crippen LogP contribution in [0, 0.1) is 0 Å². The third-order valence-electron chi connectivity index (χ3n) is 3.29. The van der Waals surface area contributed by atoms with Crippen molar-refractivity contribution in [1.82, 2.24) is 10.3 Å². The number of nitrogen functional groups attached to an aromatic ring is 1. The maximum Gasteiger partial charge on any atom is 0.251 e. The normalized spacial score (nSPS) is 22.2. The van der Waals surface area contributed by atoms with Crippen molar-refractivity contribution in [3.63, 3.8) is 0 Å². The van der Waals surface area contributed by atoms with Crippen LogP contribution in [-0.2, 0) is 0 Å². The summed E-state index contributed by atoms with van der Waals surface area (Å²) in [6, 6.07) is 3.64. The first-order valence-electron chi connectivity index (χ1n) is 6.58. The fourth-order valence-corrected chi connectivity index (χ4v) is 3.52. The first-order chi connectivity index (χ1) is 9.22. The SMILES string of the molecule is CCSC1CCC(NC(=O)c2ccnc(NN)c2)C1. The van der Waals surface area contributed by atoms with Crippen molar-refractivity contribution < 1.29 is 4.79 Å². The Hall–Kier alpha value is -1.27. The molecule has 0 aromatic carbocycles. The maximum atomic E-state index is 12.1. The van der Waals surface area contributed by atoms with E-state index in [0.29, 0.717) is 22.7 Å². The molecule has 2 unspecified atom stereocenters. The summed E-state index contributed by atoms with van der Waals surface area (Å²) >= 11 is 1.98. The number of hydrogen-bond donors (Lipinski definition) is 3. The minimum Gasteiger partial charge on any atom is -0.349 e. The Bertz CT molecular complexity index is 440. The van der Waals surface area contributed by atoms with Gasteiger partial charge in [-0.1, -0.05) is 6.92 Å². The van der Waals surface area contributed by atoms with Gasteiger partial charge in [0.15, 0.2) is 0 Å². The number of thioether (sulfide) groups is 1. The van der Waals surface area contributed by atoms with Crippen molar-refractivity contribution in [3.05, 3.63) is 23.9 Å². The lowest BCUT2D eigenvalue weighted by molar-refractivity contribution is 0.0938. The molecule has 1 aromatic heterocycles. The third-order valence-corrected chi connectivity index (χ3v) is 4.52. The van der Waals surface area contributed by atoms with Gasteiger partial charge in [0.05, 0.1) is 0 Å². The van der Waals surface area contributed by atoms with Gasteiger partial charge < -0.3 is 10.7 Å². The van der Waals surface area contributed by atoms with Gasteiger partial charge in [-0.25, -0.2) is 10.8 Å². The predicted molar refractivity (Wildman–Crippen MR) is 79.1 cm³/mol. The van der Waals surface area contributed by atoms with Gasteiger partial charge in [0.1, 0.15) is 5.82 Å². The molecule has 0 bridgehead atoms. The number of carbonyl (C=O) groups excluding carboxylic acids is 1. The van der Waals surface area contributed by atoms with Crippen molar-refractivity contribution in [3.8, 4) is 0 Å². The quantitative estimate of drug-likeness (QED) is 0.566. The zero-order chi connectivity index (χ0) is 13.7. The topological polar surface area (TPSA) is 80.0 Å². The highest BCUT2D eigenvalue weighted by Crippen LogP contribution is 2.29. The average molecular weight is 280 g/mol. The van der Waals surface area contributed by atoms with Crippen molar-refractivity contribution in [2.45, 2.75) is 37.5 Å². The fraction of sp³-hybridized carbons (Fsp3) is 0.538. The molecule has 0 spiro atoms. The van der Waals surface area contributed by atoms with Crippen LogP contribution in [0.4, 0.5) is 5.82 Å². The number of nitrogens with zero attached hydrogens (tertiary/aromatic N) is 1. The minimum atomic E-state index is -0.0500. The molecular weight excluding hydrogens is 260 g/mol. The van der Waals surface area contributed by atoms with Gasteiger partial charge in [-0.05, 0) is 37.1 Å². The molecule has 1 heterocycles. The van der Waals surface area contributed by atoms with Crippen LogP contribution in [0.25, 0.3) is 0 Å². The van der Waals surface area contributed by atoms with Gasteiger partial charge in [-0.3, -0.25) is 4.79 Å². The van der Waals surface area contributed by atoms with E-state index in [1.807, 2.05) is 11.8 Å². The smallest absolute Gasteiger partial charge is 0.251 e. The number of nitrogens with one attached hydrogen (secondary N) is 2. The van der Waals surface area contributed by atoms with Gasteiger partial charge >= 0.3 is 0 Å². The molecule has 1 aromatic rings. The van der Waals surface area contributed by atoms with Crippen LogP contribution in [0.2, 0.25) is 0 Å². The fourth-order valence-electron chi connectivity index (χ4n) is 2.38. The Morgan fingerprint density at radius 2 is 2.42 bits per heavy atom. The third kappa shape index (κ3) is 3.84. The molecular formula is C13H20N4OS. The molecule has 2 rings (SSSR count). The average Bonchev–Trinajstić information content (AvgIpc) is 2.86. The summed E-state index contributed by atoms with van der Waals surface area (Å²) in [5, 5.41) is 3.78. The highest BCUT2D eigenvalue weighted by molar-refractivity contribution is 7.99. The monoisotopic (exact) mass is 280 g/mol. The van der Waals surface area contributed by atoms with Gasteiger partial charge in [0.25, 0.3) is 5.91 Å². The van der Waals surface area contributed by atoms with Crippen molar-refractivity contribution in [2.75, 3.05) is 11.2 Å². The van der Waals surface area contributed by atoms with E-state index in [-0.39, 0.29) is 5.91 Å². The molecule has 1 aliphatic rings.